The summed E-state index contributed by atoms with van der Waals surface area (Å²) >= 11 is 0. The number of aliphatic hydroxyl groups excluding tert-OH is 1. The van der Waals surface area contributed by atoms with Gasteiger partial charge in [0, 0.05) is 43.0 Å². The number of aliphatic hydroxyl groups is 1. The molecule has 1 fully saturated rings. The fraction of sp³-hybridized carbons (Fsp3) is 0.571. The number of nitro benzene ring substituents is 1. The number of non-ortho nitro benzene ring substituents is 1. The van der Waals surface area contributed by atoms with Crippen LogP contribution in [0.1, 0.15) is 18.4 Å². The minimum Gasteiger partial charge on any atom is -0.392 e. The van der Waals surface area contributed by atoms with Gasteiger partial charge < -0.3 is 14.9 Å². The van der Waals surface area contributed by atoms with Gasteiger partial charge in [-0.25, -0.2) is 0 Å². The Kier molecular flexibility index (Phi) is 4.57. The van der Waals surface area contributed by atoms with E-state index in [1.807, 2.05) is 7.05 Å². The molecule has 2 rings (SSSR count). The largest absolute Gasteiger partial charge is 0.392 e. The number of piperidine rings is 1. The molecule has 1 atom stereocenters. The molecule has 0 aromatic heterocycles. The SMILES string of the molecule is CN1CCCC(N(C)c2ccc([N+](=O)[O-])cc2CO)C1. The van der Waals surface area contributed by atoms with Gasteiger partial charge in [-0.05, 0) is 32.5 Å². The third-order valence-corrected chi connectivity index (χ3v) is 3.97. The fourth-order valence-corrected chi connectivity index (χ4v) is 2.81. The highest BCUT2D eigenvalue weighted by Crippen LogP contribution is 2.28. The normalized spacial score (nSPS) is 19.9. The quantitative estimate of drug-likeness (QED) is 0.670. The number of rotatable bonds is 4. The van der Waals surface area contributed by atoms with E-state index in [2.05, 4.69) is 16.8 Å². The molecule has 0 saturated carbocycles. The van der Waals surface area contributed by atoms with Gasteiger partial charge in [0.05, 0.1) is 11.5 Å². The van der Waals surface area contributed by atoms with Crippen LogP contribution < -0.4 is 4.90 Å². The number of anilines is 1. The Morgan fingerprint density at radius 1 is 1.55 bits per heavy atom. The maximum absolute atomic E-state index is 10.8. The Hall–Kier alpha value is -1.66. The zero-order valence-electron chi connectivity index (χ0n) is 12.0. The zero-order chi connectivity index (χ0) is 14.7. The van der Waals surface area contributed by atoms with Crippen LogP contribution in [0.5, 0.6) is 0 Å². The Balaban J connectivity index is 2.24. The van der Waals surface area contributed by atoms with E-state index in [1.54, 1.807) is 6.07 Å². The van der Waals surface area contributed by atoms with Crippen LogP contribution in [-0.2, 0) is 6.61 Å². The van der Waals surface area contributed by atoms with E-state index in [9.17, 15) is 15.2 Å². The molecular formula is C14H21N3O3. The molecule has 1 heterocycles. The van der Waals surface area contributed by atoms with Gasteiger partial charge in [-0.1, -0.05) is 0 Å². The second-order valence-electron chi connectivity index (χ2n) is 5.40. The number of hydrogen-bond donors (Lipinski definition) is 1. The lowest BCUT2D eigenvalue weighted by Gasteiger charge is -2.37. The van der Waals surface area contributed by atoms with Gasteiger partial charge in [-0.15, -0.1) is 0 Å². The summed E-state index contributed by atoms with van der Waals surface area (Å²) < 4.78 is 0. The van der Waals surface area contributed by atoms with E-state index in [0.29, 0.717) is 11.6 Å². The highest BCUT2D eigenvalue weighted by Gasteiger charge is 2.23. The summed E-state index contributed by atoms with van der Waals surface area (Å²) in [7, 11) is 4.09. The van der Waals surface area contributed by atoms with Gasteiger partial charge in [0.2, 0.25) is 0 Å². The molecule has 0 amide bonds. The third kappa shape index (κ3) is 3.08. The van der Waals surface area contributed by atoms with Gasteiger partial charge in [-0.2, -0.15) is 0 Å². The molecule has 6 heteroatoms. The minimum atomic E-state index is -0.433. The molecule has 110 valence electrons. The first-order valence-corrected chi connectivity index (χ1v) is 6.82. The van der Waals surface area contributed by atoms with Crippen molar-refractivity contribution in [3.63, 3.8) is 0 Å². The first kappa shape index (κ1) is 14.7. The Labute approximate surface area is 118 Å². The van der Waals surface area contributed by atoms with Crippen LogP contribution in [0.2, 0.25) is 0 Å². The monoisotopic (exact) mass is 279 g/mol. The van der Waals surface area contributed by atoms with Crippen molar-refractivity contribution in [1.82, 2.24) is 4.90 Å². The Morgan fingerprint density at radius 2 is 2.30 bits per heavy atom. The van der Waals surface area contributed by atoms with Gasteiger partial charge >= 0.3 is 0 Å². The molecule has 1 aliphatic rings. The number of hydrogen-bond acceptors (Lipinski definition) is 5. The Bertz CT molecular complexity index is 493. The molecule has 1 aromatic rings. The summed E-state index contributed by atoms with van der Waals surface area (Å²) in [4.78, 5) is 14.8. The topological polar surface area (TPSA) is 69.9 Å². The van der Waals surface area contributed by atoms with Gasteiger partial charge in [0.1, 0.15) is 0 Å². The van der Waals surface area contributed by atoms with Crippen molar-refractivity contribution in [3.8, 4) is 0 Å². The van der Waals surface area contributed by atoms with Crippen molar-refractivity contribution in [2.75, 3.05) is 32.1 Å². The molecule has 0 radical (unpaired) electrons. The zero-order valence-corrected chi connectivity index (χ0v) is 12.0. The summed E-state index contributed by atoms with van der Waals surface area (Å²) in [5.74, 6) is 0. The highest BCUT2D eigenvalue weighted by atomic mass is 16.6. The van der Waals surface area contributed by atoms with Gasteiger partial charge in [0.15, 0.2) is 0 Å². The van der Waals surface area contributed by atoms with E-state index in [4.69, 9.17) is 0 Å². The van der Waals surface area contributed by atoms with E-state index in [-0.39, 0.29) is 12.3 Å². The second-order valence-corrected chi connectivity index (χ2v) is 5.40. The van der Waals surface area contributed by atoms with Gasteiger partial charge in [0.25, 0.3) is 5.69 Å². The first-order chi connectivity index (χ1) is 9.52. The first-order valence-electron chi connectivity index (χ1n) is 6.82. The van der Waals surface area contributed by atoms with Crippen molar-refractivity contribution in [2.24, 2.45) is 0 Å². The van der Waals surface area contributed by atoms with Crippen molar-refractivity contribution in [3.05, 3.63) is 33.9 Å². The van der Waals surface area contributed by atoms with E-state index >= 15 is 0 Å². The highest BCUT2D eigenvalue weighted by molar-refractivity contribution is 5.58. The van der Waals surface area contributed by atoms with Crippen LogP contribution in [0.4, 0.5) is 11.4 Å². The molecule has 1 saturated heterocycles. The molecule has 6 nitrogen and oxygen atoms in total. The lowest BCUT2D eigenvalue weighted by atomic mass is 10.0. The molecule has 0 bridgehead atoms. The molecular weight excluding hydrogens is 258 g/mol. The van der Waals surface area contributed by atoms with Crippen molar-refractivity contribution < 1.29 is 10.0 Å². The van der Waals surface area contributed by atoms with Crippen LogP contribution >= 0.6 is 0 Å². The predicted molar refractivity (Wildman–Crippen MR) is 77.9 cm³/mol. The number of nitro groups is 1. The lowest BCUT2D eigenvalue weighted by Crippen LogP contribution is -2.45. The maximum atomic E-state index is 10.8. The van der Waals surface area contributed by atoms with Crippen LogP contribution in [0.25, 0.3) is 0 Å². The van der Waals surface area contributed by atoms with Gasteiger partial charge in [-0.3, -0.25) is 10.1 Å². The summed E-state index contributed by atoms with van der Waals surface area (Å²) in [6.07, 6.45) is 2.25. The third-order valence-electron chi connectivity index (χ3n) is 3.97. The van der Waals surface area contributed by atoms with Crippen LogP contribution in [0.15, 0.2) is 18.2 Å². The average Bonchev–Trinajstić information content (AvgIpc) is 2.45. The van der Waals surface area contributed by atoms with Crippen LogP contribution in [-0.4, -0.2) is 48.2 Å². The molecule has 1 aromatic carbocycles. The van der Waals surface area contributed by atoms with Crippen LogP contribution in [0, 0.1) is 10.1 Å². The minimum absolute atomic E-state index is 0.0203. The molecule has 20 heavy (non-hydrogen) atoms. The smallest absolute Gasteiger partial charge is 0.269 e. The Morgan fingerprint density at radius 3 is 2.90 bits per heavy atom. The standard InChI is InChI=1S/C14H21N3O3/c1-15-7-3-4-13(9-15)16(2)14-6-5-12(17(19)20)8-11(14)10-18/h5-6,8,13,18H,3-4,7,9-10H2,1-2H3. The summed E-state index contributed by atoms with van der Waals surface area (Å²) in [6.45, 7) is 1.89. The van der Waals surface area contributed by atoms with Crippen molar-refractivity contribution in [2.45, 2.75) is 25.5 Å². The predicted octanol–water partition coefficient (Wildman–Crippen LogP) is 1.62. The molecule has 1 aliphatic heterocycles. The van der Waals surface area contributed by atoms with Crippen LogP contribution in [0.3, 0.4) is 0 Å². The van der Waals surface area contributed by atoms with E-state index in [1.165, 1.54) is 12.1 Å². The fourth-order valence-electron chi connectivity index (χ4n) is 2.81. The number of likely N-dealkylation sites (tertiary alicyclic amines) is 1. The summed E-state index contributed by atoms with van der Waals surface area (Å²) in [5.41, 5.74) is 1.50. The maximum Gasteiger partial charge on any atom is 0.269 e. The number of nitrogens with zero attached hydrogens (tertiary/aromatic N) is 3. The molecule has 1 unspecified atom stereocenters. The van der Waals surface area contributed by atoms with Crippen molar-refractivity contribution >= 4 is 11.4 Å². The van der Waals surface area contributed by atoms with Crippen molar-refractivity contribution in [1.29, 1.82) is 0 Å². The summed E-state index contributed by atoms with van der Waals surface area (Å²) in [5, 5.41) is 20.3. The van der Waals surface area contributed by atoms with E-state index in [0.717, 1.165) is 31.6 Å². The van der Waals surface area contributed by atoms with E-state index < -0.39 is 4.92 Å². The lowest BCUT2D eigenvalue weighted by molar-refractivity contribution is -0.384. The number of likely N-dealkylation sites (N-methyl/N-ethyl adjacent to an activating group) is 2. The number of benzene rings is 1. The molecule has 1 N–H and O–H groups in total. The molecule has 0 spiro atoms. The average molecular weight is 279 g/mol. The second kappa shape index (κ2) is 6.19. The summed E-state index contributed by atoms with van der Waals surface area (Å²) in [6, 6.07) is 5.06. The molecule has 0 aliphatic carbocycles.